The minimum Gasteiger partial charge on any atom is -0.478 e. The molecule has 2 N–H and O–H groups in total. The molecule has 0 bridgehead atoms. The molecule has 0 saturated carbocycles. The summed E-state index contributed by atoms with van der Waals surface area (Å²) in [6, 6.07) is 13.0. The second-order valence-corrected chi connectivity index (χ2v) is 7.04. The van der Waals surface area contributed by atoms with E-state index in [4.69, 9.17) is 23.2 Å². The third kappa shape index (κ3) is 3.07. The van der Waals surface area contributed by atoms with Crippen molar-refractivity contribution in [3.63, 3.8) is 0 Å². The Morgan fingerprint density at radius 1 is 1.17 bits per heavy atom. The Balaban J connectivity index is 2.21. The molecule has 118 valence electrons. The quantitative estimate of drug-likeness (QED) is 0.725. The van der Waals surface area contributed by atoms with E-state index in [-0.39, 0.29) is 5.57 Å². The topological polar surface area (TPSA) is 49.3 Å². The first-order chi connectivity index (χ1) is 11.0. The first kappa shape index (κ1) is 16.2. The van der Waals surface area contributed by atoms with Gasteiger partial charge in [0, 0.05) is 10.6 Å². The van der Waals surface area contributed by atoms with Crippen LogP contribution in [-0.4, -0.2) is 11.1 Å². The minimum atomic E-state index is -0.976. The maximum atomic E-state index is 11.9. The molecule has 1 atom stereocenters. The Bertz CT molecular complexity index is 820. The van der Waals surface area contributed by atoms with Gasteiger partial charge in [-0.05, 0) is 30.7 Å². The Labute approximate surface area is 148 Å². The van der Waals surface area contributed by atoms with Crippen molar-refractivity contribution in [2.45, 2.75) is 17.1 Å². The van der Waals surface area contributed by atoms with E-state index < -0.39 is 11.2 Å². The summed E-state index contributed by atoms with van der Waals surface area (Å²) >= 11 is 13.9. The Kier molecular flexibility index (Phi) is 4.57. The fraction of sp³-hybridized carbons (Fsp3) is 0.118. The summed E-state index contributed by atoms with van der Waals surface area (Å²) in [6.07, 6.45) is 0. The van der Waals surface area contributed by atoms with E-state index >= 15 is 0 Å². The molecule has 0 radical (unpaired) electrons. The number of para-hydroxylation sites is 1. The molecule has 3 rings (SSSR count). The van der Waals surface area contributed by atoms with Crippen LogP contribution >= 0.6 is 35.0 Å². The third-order valence-corrected chi connectivity index (χ3v) is 5.78. The maximum absolute atomic E-state index is 11.9. The highest BCUT2D eigenvalue weighted by atomic mass is 35.5. The van der Waals surface area contributed by atoms with Crippen molar-refractivity contribution in [1.82, 2.24) is 0 Å². The zero-order valence-electron chi connectivity index (χ0n) is 12.1. The summed E-state index contributed by atoms with van der Waals surface area (Å²) in [5.41, 5.74) is 2.44. The van der Waals surface area contributed by atoms with Crippen LogP contribution in [0.25, 0.3) is 0 Å². The average Bonchev–Trinajstić information content (AvgIpc) is 2.65. The van der Waals surface area contributed by atoms with Gasteiger partial charge in [-0.2, -0.15) is 0 Å². The van der Waals surface area contributed by atoms with Crippen LogP contribution in [0.3, 0.4) is 0 Å². The summed E-state index contributed by atoms with van der Waals surface area (Å²) < 4.78 is 0. The number of fused-ring (bicyclic) bond motifs is 1. The number of carboxylic acids is 1. The summed E-state index contributed by atoms with van der Waals surface area (Å²) in [5, 5.41) is 13.3. The first-order valence-corrected chi connectivity index (χ1v) is 8.53. The molecule has 0 amide bonds. The van der Waals surface area contributed by atoms with Gasteiger partial charge in [0.25, 0.3) is 0 Å². The maximum Gasteiger partial charge on any atom is 0.334 e. The highest BCUT2D eigenvalue weighted by Crippen LogP contribution is 2.49. The molecule has 0 aliphatic carbocycles. The van der Waals surface area contributed by atoms with E-state index in [0.29, 0.717) is 21.3 Å². The number of anilines is 1. The highest BCUT2D eigenvalue weighted by Gasteiger charge is 2.31. The molecule has 1 aliphatic heterocycles. The number of hydrogen-bond acceptors (Lipinski definition) is 3. The summed E-state index contributed by atoms with van der Waals surface area (Å²) in [6.45, 7) is 1.76. The van der Waals surface area contributed by atoms with Crippen LogP contribution in [0.5, 0.6) is 0 Å². The number of carbonyl (C=O) groups is 1. The predicted molar refractivity (Wildman–Crippen MR) is 95.5 cm³/mol. The predicted octanol–water partition coefficient (Wildman–Crippen LogP) is 5.61. The molecule has 23 heavy (non-hydrogen) atoms. The van der Waals surface area contributed by atoms with Crippen LogP contribution < -0.4 is 5.32 Å². The lowest BCUT2D eigenvalue weighted by atomic mass is 10.0. The van der Waals surface area contributed by atoms with Crippen molar-refractivity contribution >= 4 is 46.6 Å². The molecule has 0 spiro atoms. The Morgan fingerprint density at radius 3 is 2.65 bits per heavy atom. The number of hydrogen-bond donors (Lipinski definition) is 2. The van der Waals surface area contributed by atoms with Crippen LogP contribution in [0.4, 0.5) is 5.69 Å². The molecule has 2 aromatic rings. The van der Waals surface area contributed by atoms with Gasteiger partial charge in [-0.1, -0.05) is 47.5 Å². The Hall–Kier alpha value is -1.62. The number of benzene rings is 2. The zero-order valence-corrected chi connectivity index (χ0v) is 14.5. The van der Waals surface area contributed by atoms with E-state index in [9.17, 15) is 9.90 Å². The molecule has 1 heterocycles. The van der Waals surface area contributed by atoms with Crippen LogP contribution in [0, 0.1) is 0 Å². The highest BCUT2D eigenvalue weighted by molar-refractivity contribution is 8.00. The lowest BCUT2D eigenvalue weighted by molar-refractivity contribution is -0.132. The second kappa shape index (κ2) is 6.48. The van der Waals surface area contributed by atoms with Crippen molar-refractivity contribution in [2.24, 2.45) is 0 Å². The zero-order chi connectivity index (χ0) is 16.6. The number of nitrogens with one attached hydrogen (secondary N) is 1. The van der Waals surface area contributed by atoms with Crippen molar-refractivity contribution in [3.05, 3.63) is 69.3 Å². The van der Waals surface area contributed by atoms with Crippen LogP contribution in [0.2, 0.25) is 10.0 Å². The van der Waals surface area contributed by atoms with Gasteiger partial charge < -0.3 is 10.4 Å². The molecule has 3 nitrogen and oxygen atoms in total. The number of carboxylic acid groups (broad SMARTS) is 1. The van der Waals surface area contributed by atoms with Crippen LogP contribution in [-0.2, 0) is 4.79 Å². The lowest BCUT2D eigenvalue weighted by Crippen LogP contribution is -2.13. The van der Waals surface area contributed by atoms with Gasteiger partial charge in [0.15, 0.2) is 0 Å². The van der Waals surface area contributed by atoms with Gasteiger partial charge in [0.05, 0.1) is 26.6 Å². The molecular formula is C17H13Cl2NO2S. The molecule has 1 aliphatic rings. The van der Waals surface area contributed by atoms with Gasteiger partial charge in [-0.25, -0.2) is 4.79 Å². The molecule has 6 heteroatoms. The van der Waals surface area contributed by atoms with Gasteiger partial charge in [0.1, 0.15) is 0 Å². The molecule has 1 unspecified atom stereocenters. The van der Waals surface area contributed by atoms with E-state index in [1.165, 1.54) is 11.8 Å². The van der Waals surface area contributed by atoms with Gasteiger partial charge in [0.2, 0.25) is 0 Å². The largest absolute Gasteiger partial charge is 0.478 e. The molecule has 0 fully saturated rings. The van der Waals surface area contributed by atoms with E-state index in [0.717, 1.165) is 10.6 Å². The molecule has 2 aromatic carbocycles. The van der Waals surface area contributed by atoms with Crippen molar-refractivity contribution in [2.75, 3.05) is 5.32 Å². The molecule has 0 aromatic heterocycles. The number of rotatable bonds is 2. The SMILES string of the molecule is CC1=C(C(=O)O)C(c2cccc(Cl)c2Cl)Sc2ccccc2N1. The summed E-state index contributed by atoms with van der Waals surface area (Å²) in [7, 11) is 0. The lowest BCUT2D eigenvalue weighted by Gasteiger charge is -2.19. The van der Waals surface area contributed by atoms with E-state index in [1.54, 1.807) is 19.1 Å². The second-order valence-electron chi connectivity index (χ2n) is 5.11. The van der Waals surface area contributed by atoms with Gasteiger partial charge >= 0.3 is 5.97 Å². The smallest absolute Gasteiger partial charge is 0.334 e. The summed E-state index contributed by atoms with van der Waals surface area (Å²) in [5.74, 6) is -0.976. The summed E-state index contributed by atoms with van der Waals surface area (Å²) in [4.78, 5) is 12.8. The standard InChI is InChI=1S/C17H13Cl2NO2S/c1-9-14(17(21)22)16(10-5-4-6-11(18)15(10)19)23-13-8-3-2-7-12(13)20-9/h2-8,16,20H,1H3,(H,21,22). The third-order valence-electron chi connectivity index (χ3n) is 3.61. The minimum absolute atomic E-state index is 0.273. The monoisotopic (exact) mass is 365 g/mol. The number of allylic oxidation sites excluding steroid dienone is 1. The van der Waals surface area contributed by atoms with Crippen molar-refractivity contribution in [1.29, 1.82) is 0 Å². The fourth-order valence-corrected chi connectivity index (χ4v) is 4.40. The van der Waals surface area contributed by atoms with Gasteiger partial charge in [-0.3, -0.25) is 0 Å². The Morgan fingerprint density at radius 2 is 1.91 bits per heavy atom. The number of aliphatic carboxylic acids is 1. The van der Waals surface area contributed by atoms with E-state index in [2.05, 4.69) is 5.32 Å². The molecule has 0 saturated heterocycles. The van der Waals surface area contributed by atoms with E-state index in [1.807, 2.05) is 30.3 Å². The van der Waals surface area contributed by atoms with Crippen LogP contribution in [0.1, 0.15) is 17.7 Å². The number of halogens is 2. The van der Waals surface area contributed by atoms with Crippen molar-refractivity contribution in [3.8, 4) is 0 Å². The first-order valence-electron chi connectivity index (χ1n) is 6.89. The van der Waals surface area contributed by atoms with Gasteiger partial charge in [-0.15, -0.1) is 11.8 Å². The fourth-order valence-electron chi connectivity index (χ4n) is 2.54. The van der Waals surface area contributed by atoms with Crippen molar-refractivity contribution < 1.29 is 9.90 Å². The van der Waals surface area contributed by atoms with Crippen LogP contribution in [0.15, 0.2) is 58.6 Å². The number of thioether (sulfide) groups is 1. The normalized spacial score (nSPS) is 17.3. The molecular weight excluding hydrogens is 353 g/mol. The average molecular weight is 366 g/mol.